The third-order valence-corrected chi connectivity index (χ3v) is 10.5. The normalized spacial score (nSPS) is 12.6. The van der Waals surface area contributed by atoms with Gasteiger partial charge in [0.2, 0.25) is 15.8 Å². The van der Waals surface area contributed by atoms with Crippen molar-refractivity contribution in [1.29, 1.82) is 0 Å². The zero-order valence-electron chi connectivity index (χ0n) is 23.5. The Balaban J connectivity index is 1.51. The molecule has 14 heteroatoms. The van der Waals surface area contributed by atoms with Crippen molar-refractivity contribution >= 4 is 36.7 Å². The lowest BCUT2D eigenvalue weighted by atomic mass is 10.0. The lowest BCUT2D eigenvalue weighted by Crippen LogP contribution is -2.31. The standard InChI is InChI=1S/C31H25F3N2O7S2/c1-20-7-10-23-5-3-15-35-29(23)30(20)45(41,42)36(18-25-13-14-27(43-25)31(32,33)34)17-21-8-11-22(12-9-21)24-4-2-6-26(16-24)44(39,40)19-28(37)38/h2-16H,17-19H2,1H3,(H,37,38). The first-order chi connectivity index (χ1) is 21.1. The number of carbonyl (C=O) groups is 1. The highest BCUT2D eigenvalue weighted by Crippen LogP contribution is 2.33. The first kappa shape index (κ1) is 31.9. The molecular formula is C31H25F3N2O7S2. The highest BCUT2D eigenvalue weighted by atomic mass is 32.2. The first-order valence-corrected chi connectivity index (χ1v) is 16.4. The van der Waals surface area contributed by atoms with E-state index in [2.05, 4.69) is 4.98 Å². The predicted octanol–water partition coefficient (Wildman–Crippen LogP) is 6.07. The molecule has 0 spiro atoms. The molecule has 9 nitrogen and oxygen atoms in total. The van der Waals surface area contributed by atoms with Gasteiger partial charge in [-0.25, -0.2) is 16.8 Å². The number of rotatable bonds is 10. The Labute approximate surface area is 256 Å². The third kappa shape index (κ3) is 6.92. The van der Waals surface area contributed by atoms with Crippen molar-refractivity contribution in [2.75, 3.05) is 5.75 Å². The lowest BCUT2D eigenvalue weighted by Gasteiger charge is -2.23. The molecule has 0 atom stereocenters. The van der Waals surface area contributed by atoms with Crippen molar-refractivity contribution in [3.05, 3.63) is 114 Å². The van der Waals surface area contributed by atoms with Crippen LogP contribution in [-0.4, -0.2) is 43.0 Å². The number of carboxylic acids is 1. The van der Waals surface area contributed by atoms with Gasteiger partial charge in [-0.05, 0) is 59.5 Å². The van der Waals surface area contributed by atoms with Crippen LogP contribution in [0.1, 0.15) is 22.6 Å². The number of hydrogen-bond donors (Lipinski definition) is 1. The molecule has 2 heterocycles. The number of aryl methyl sites for hydroxylation is 1. The summed E-state index contributed by atoms with van der Waals surface area (Å²) in [5.41, 5.74) is 2.13. The maximum atomic E-state index is 14.2. The molecule has 0 aliphatic carbocycles. The minimum atomic E-state index is -4.75. The molecule has 0 bridgehead atoms. The quantitative estimate of drug-likeness (QED) is 0.191. The number of halogens is 3. The number of fused-ring (bicyclic) bond motifs is 1. The van der Waals surface area contributed by atoms with Crippen LogP contribution < -0.4 is 0 Å². The Morgan fingerprint density at radius 1 is 0.889 bits per heavy atom. The van der Waals surface area contributed by atoms with Crippen molar-refractivity contribution in [2.24, 2.45) is 0 Å². The van der Waals surface area contributed by atoms with Gasteiger partial charge in [-0.15, -0.1) is 0 Å². The van der Waals surface area contributed by atoms with Gasteiger partial charge in [0.1, 0.15) is 10.7 Å². The smallest absolute Gasteiger partial charge is 0.449 e. The molecule has 45 heavy (non-hydrogen) atoms. The Morgan fingerprint density at radius 2 is 1.62 bits per heavy atom. The van der Waals surface area contributed by atoms with Crippen LogP contribution in [0.5, 0.6) is 0 Å². The van der Waals surface area contributed by atoms with Gasteiger partial charge in [0, 0.05) is 18.1 Å². The highest BCUT2D eigenvalue weighted by Gasteiger charge is 2.36. The third-order valence-electron chi connectivity index (χ3n) is 6.95. The number of sulfone groups is 1. The second kappa shape index (κ2) is 12.1. The average molecular weight is 659 g/mol. The van der Waals surface area contributed by atoms with E-state index < -0.39 is 50.1 Å². The van der Waals surface area contributed by atoms with Gasteiger partial charge in [0.25, 0.3) is 0 Å². The summed E-state index contributed by atoms with van der Waals surface area (Å²) in [5.74, 6) is -4.02. The summed E-state index contributed by atoms with van der Waals surface area (Å²) in [4.78, 5) is 15.0. The predicted molar refractivity (Wildman–Crippen MR) is 158 cm³/mol. The monoisotopic (exact) mass is 658 g/mol. The second-order valence-electron chi connectivity index (χ2n) is 10.2. The van der Waals surface area contributed by atoms with E-state index in [0.29, 0.717) is 27.6 Å². The second-order valence-corrected chi connectivity index (χ2v) is 14.1. The summed E-state index contributed by atoms with van der Waals surface area (Å²) in [6.07, 6.45) is -3.30. The summed E-state index contributed by atoms with van der Waals surface area (Å²) >= 11 is 0. The topological polar surface area (TPSA) is 135 Å². The Morgan fingerprint density at radius 3 is 2.29 bits per heavy atom. The minimum absolute atomic E-state index is 0.0841. The molecular weight excluding hydrogens is 633 g/mol. The number of aliphatic carboxylic acids is 1. The van der Waals surface area contributed by atoms with Crippen LogP contribution in [0.3, 0.4) is 0 Å². The summed E-state index contributed by atoms with van der Waals surface area (Å²) in [7, 11) is -8.43. The number of aromatic nitrogens is 1. The maximum Gasteiger partial charge on any atom is 0.449 e. The molecule has 234 valence electrons. The highest BCUT2D eigenvalue weighted by molar-refractivity contribution is 7.92. The van der Waals surface area contributed by atoms with Crippen molar-refractivity contribution in [3.8, 4) is 11.1 Å². The van der Waals surface area contributed by atoms with Crippen LogP contribution in [0.4, 0.5) is 13.2 Å². The van der Waals surface area contributed by atoms with E-state index >= 15 is 0 Å². The SMILES string of the molecule is Cc1ccc2cccnc2c1S(=O)(=O)N(Cc1ccc(-c2cccc(S(=O)(=O)CC(=O)O)c2)cc1)Cc1ccc(C(F)(F)F)o1. The number of alkyl halides is 3. The van der Waals surface area contributed by atoms with E-state index in [-0.39, 0.29) is 27.6 Å². The number of pyridine rings is 1. The Kier molecular flexibility index (Phi) is 8.58. The summed E-state index contributed by atoms with van der Waals surface area (Å²) in [6, 6.07) is 20.7. The van der Waals surface area contributed by atoms with E-state index in [0.717, 1.165) is 16.4 Å². The largest absolute Gasteiger partial charge is 0.480 e. The van der Waals surface area contributed by atoms with E-state index in [4.69, 9.17) is 9.52 Å². The molecule has 0 saturated heterocycles. The molecule has 2 aromatic heterocycles. The molecule has 0 radical (unpaired) electrons. The molecule has 3 aromatic carbocycles. The van der Waals surface area contributed by atoms with Crippen molar-refractivity contribution < 1.29 is 44.3 Å². The van der Waals surface area contributed by atoms with E-state index in [9.17, 15) is 34.8 Å². The maximum absolute atomic E-state index is 14.2. The summed E-state index contributed by atoms with van der Waals surface area (Å²) in [5, 5.41) is 9.51. The Hall–Kier alpha value is -4.53. The van der Waals surface area contributed by atoms with Crippen molar-refractivity contribution in [1.82, 2.24) is 9.29 Å². The fraction of sp³-hybridized carbons (Fsp3) is 0.161. The fourth-order valence-corrected chi connectivity index (χ4v) is 7.66. The molecule has 0 unspecified atom stereocenters. The van der Waals surface area contributed by atoms with Gasteiger partial charge in [-0.1, -0.05) is 54.6 Å². The zero-order chi connectivity index (χ0) is 32.6. The van der Waals surface area contributed by atoms with Crippen molar-refractivity contribution in [3.63, 3.8) is 0 Å². The molecule has 0 aliphatic heterocycles. The van der Waals surface area contributed by atoms with E-state index in [1.807, 2.05) is 0 Å². The van der Waals surface area contributed by atoms with Gasteiger partial charge in [0.15, 0.2) is 15.6 Å². The van der Waals surface area contributed by atoms with E-state index in [1.165, 1.54) is 24.4 Å². The van der Waals surface area contributed by atoms with Crippen molar-refractivity contribution in [2.45, 2.75) is 36.0 Å². The van der Waals surface area contributed by atoms with Gasteiger partial charge in [-0.3, -0.25) is 9.78 Å². The first-order valence-electron chi connectivity index (χ1n) is 13.3. The summed E-state index contributed by atoms with van der Waals surface area (Å²) < 4.78 is 98.9. The van der Waals surface area contributed by atoms with Crippen LogP contribution in [0.2, 0.25) is 0 Å². The molecule has 1 N–H and O–H groups in total. The Bertz CT molecular complexity index is 2110. The number of carboxylic acid groups (broad SMARTS) is 1. The molecule has 0 fully saturated rings. The molecule has 5 aromatic rings. The fourth-order valence-electron chi connectivity index (χ4n) is 4.81. The number of nitrogens with zero attached hydrogens (tertiary/aromatic N) is 2. The number of furan rings is 1. The van der Waals surface area contributed by atoms with Crippen LogP contribution in [0.25, 0.3) is 22.0 Å². The van der Waals surface area contributed by atoms with Gasteiger partial charge < -0.3 is 9.52 Å². The zero-order valence-corrected chi connectivity index (χ0v) is 25.2. The van der Waals surface area contributed by atoms with Crippen LogP contribution >= 0.6 is 0 Å². The van der Waals surface area contributed by atoms with E-state index in [1.54, 1.807) is 61.5 Å². The van der Waals surface area contributed by atoms with Crippen LogP contribution in [-0.2, 0) is 43.9 Å². The average Bonchev–Trinajstić information content (AvgIpc) is 3.46. The summed E-state index contributed by atoms with van der Waals surface area (Å²) in [6.45, 7) is 0.847. The van der Waals surface area contributed by atoms with Gasteiger partial charge >= 0.3 is 12.1 Å². The van der Waals surface area contributed by atoms with Gasteiger partial charge in [0.05, 0.1) is 17.0 Å². The number of hydrogen-bond acceptors (Lipinski definition) is 7. The van der Waals surface area contributed by atoms with Crippen LogP contribution in [0.15, 0.2) is 105 Å². The minimum Gasteiger partial charge on any atom is -0.480 e. The number of sulfonamides is 1. The van der Waals surface area contributed by atoms with Gasteiger partial charge in [-0.2, -0.15) is 17.5 Å². The molecule has 5 rings (SSSR count). The van der Waals surface area contributed by atoms with Crippen LogP contribution in [0, 0.1) is 6.92 Å². The molecule has 0 aliphatic rings. The molecule has 0 amide bonds. The number of benzene rings is 3. The molecule has 0 saturated carbocycles. The lowest BCUT2D eigenvalue weighted by molar-refractivity contribution is -0.153.